The molecule has 0 spiro atoms. The van der Waals surface area contributed by atoms with Gasteiger partial charge in [0.2, 0.25) is 5.78 Å². The van der Waals surface area contributed by atoms with Gasteiger partial charge in [0.1, 0.15) is 0 Å². The highest BCUT2D eigenvalue weighted by molar-refractivity contribution is 6.15. The van der Waals surface area contributed by atoms with Crippen LogP contribution >= 0.6 is 0 Å². The van der Waals surface area contributed by atoms with Gasteiger partial charge in [-0.2, -0.15) is 0 Å². The number of aromatic nitrogens is 2. The van der Waals surface area contributed by atoms with Crippen LogP contribution in [0.5, 0.6) is 0 Å². The lowest BCUT2D eigenvalue weighted by atomic mass is 9.79. The van der Waals surface area contributed by atoms with Gasteiger partial charge in [-0.1, -0.05) is 58.9 Å². The van der Waals surface area contributed by atoms with Gasteiger partial charge >= 0.3 is 5.97 Å². The number of fused-ring (bicyclic) bond motifs is 1. The van der Waals surface area contributed by atoms with E-state index in [9.17, 15) is 19.5 Å². The van der Waals surface area contributed by atoms with Crippen LogP contribution in [0.1, 0.15) is 91.9 Å². The number of ketones is 2. The van der Waals surface area contributed by atoms with Crippen molar-refractivity contribution in [2.45, 2.75) is 60.8 Å². The third-order valence-corrected chi connectivity index (χ3v) is 7.17. The number of carboxylic acid groups (broad SMARTS) is 1. The highest BCUT2D eigenvalue weighted by atomic mass is 16.4. The highest BCUT2D eigenvalue weighted by Gasteiger charge is 2.37. The Labute approximate surface area is 229 Å². The first-order valence-electron chi connectivity index (χ1n) is 13.2. The average Bonchev–Trinajstić information content (AvgIpc) is 3.19. The molecule has 0 amide bonds. The lowest BCUT2D eigenvalue weighted by Gasteiger charge is -2.22. The molecule has 3 aromatic heterocycles. The summed E-state index contributed by atoms with van der Waals surface area (Å²) in [6.07, 6.45) is 5.30. The minimum absolute atomic E-state index is 0.0293. The Morgan fingerprint density at radius 2 is 1.64 bits per heavy atom. The van der Waals surface area contributed by atoms with Crippen LogP contribution in [-0.4, -0.2) is 32.0 Å². The van der Waals surface area contributed by atoms with Crippen LogP contribution in [0.2, 0.25) is 0 Å². The van der Waals surface area contributed by atoms with Crippen molar-refractivity contribution in [3.05, 3.63) is 95.1 Å². The minimum Gasteiger partial charge on any atom is -0.481 e. The molecule has 0 aliphatic carbocycles. The van der Waals surface area contributed by atoms with E-state index in [-0.39, 0.29) is 23.9 Å². The topological polar surface area (TPSA) is 88.7 Å². The summed E-state index contributed by atoms with van der Waals surface area (Å²) in [6, 6.07) is 15.0. The number of pyridine rings is 2. The molecule has 39 heavy (non-hydrogen) atoms. The number of aliphatic carboxylic acids is 1. The first-order chi connectivity index (χ1) is 18.2. The Morgan fingerprint density at radius 1 is 0.949 bits per heavy atom. The maximum absolute atomic E-state index is 14.3. The molecule has 0 saturated carbocycles. The van der Waals surface area contributed by atoms with Crippen molar-refractivity contribution in [1.82, 2.24) is 9.38 Å². The summed E-state index contributed by atoms with van der Waals surface area (Å²) in [4.78, 5) is 44.7. The van der Waals surface area contributed by atoms with Crippen molar-refractivity contribution >= 4 is 23.1 Å². The van der Waals surface area contributed by atoms with Gasteiger partial charge in [-0.15, -0.1) is 0 Å². The van der Waals surface area contributed by atoms with E-state index in [1.54, 1.807) is 36.7 Å². The predicted octanol–water partition coefficient (Wildman–Crippen LogP) is 7.24. The molecule has 6 nitrogen and oxygen atoms in total. The van der Waals surface area contributed by atoms with Crippen molar-refractivity contribution in [3.8, 4) is 11.1 Å². The first kappa shape index (κ1) is 28.0. The minimum atomic E-state index is -1.20. The second kappa shape index (κ2) is 10.3. The number of hydrogen-bond donors (Lipinski definition) is 1. The monoisotopic (exact) mass is 524 g/mol. The van der Waals surface area contributed by atoms with Crippen LogP contribution in [0.25, 0.3) is 16.6 Å². The van der Waals surface area contributed by atoms with E-state index in [1.165, 1.54) is 0 Å². The number of carbonyl (C=O) groups is 3. The van der Waals surface area contributed by atoms with Gasteiger partial charge in [0, 0.05) is 40.7 Å². The second-order valence-electron chi connectivity index (χ2n) is 12.2. The van der Waals surface area contributed by atoms with Crippen LogP contribution in [0.4, 0.5) is 0 Å². The summed E-state index contributed by atoms with van der Waals surface area (Å²) in [7, 11) is 0. The van der Waals surface area contributed by atoms with Gasteiger partial charge in [-0.05, 0) is 67.1 Å². The smallest absolute Gasteiger partial charge is 0.309 e. The zero-order valence-corrected chi connectivity index (χ0v) is 23.7. The van der Waals surface area contributed by atoms with E-state index in [1.807, 2.05) is 69.4 Å². The Hall–Kier alpha value is -4.06. The standard InChI is InChI=1S/C33H36N2O4/c1-20(2)21-13-15-35-26(17-21)27(30(37)32(3,4)5)25(18-33(6,7)31(38)39)28(35)29(36)23-11-8-10-22(16-23)24-12-9-14-34-19-24/h8-17,19-20H,18H2,1-7H3,(H,38,39). The van der Waals surface area contributed by atoms with E-state index in [0.717, 1.165) is 16.7 Å². The molecule has 4 aromatic rings. The number of nitrogens with zero attached hydrogens (tertiary/aromatic N) is 2. The zero-order valence-electron chi connectivity index (χ0n) is 23.7. The van der Waals surface area contributed by atoms with E-state index in [2.05, 4.69) is 18.8 Å². The van der Waals surface area contributed by atoms with Crippen molar-refractivity contribution in [3.63, 3.8) is 0 Å². The molecule has 0 atom stereocenters. The van der Waals surface area contributed by atoms with Gasteiger partial charge in [-0.25, -0.2) is 0 Å². The van der Waals surface area contributed by atoms with Crippen LogP contribution < -0.4 is 0 Å². The number of hydrogen-bond acceptors (Lipinski definition) is 4. The van der Waals surface area contributed by atoms with Gasteiger partial charge < -0.3 is 9.51 Å². The largest absolute Gasteiger partial charge is 0.481 e. The molecule has 1 N–H and O–H groups in total. The normalized spacial score (nSPS) is 12.2. The van der Waals surface area contributed by atoms with Crippen molar-refractivity contribution < 1.29 is 19.5 Å². The molecule has 0 aliphatic heterocycles. The molecule has 0 radical (unpaired) electrons. The average molecular weight is 525 g/mol. The molecule has 3 heterocycles. The predicted molar refractivity (Wildman–Crippen MR) is 153 cm³/mol. The molecular formula is C33H36N2O4. The van der Waals surface area contributed by atoms with E-state index in [0.29, 0.717) is 27.9 Å². The highest BCUT2D eigenvalue weighted by Crippen LogP contribution is 2.37. The quantitative estimate of drug-likeness (QED) is 0.246. The van der Waals surface area contributed by atoms with Gasteiger partial charge in [0.05, 0.1) is 16.6 Å². The molecule has 0 unspecified atom stereocenters. The first-order valence-corrected chi connectivity index (χ1v) is 13.2. The molecule has 0 aliphatic rings. The fourth-order valence-electron chi connectivity index (χ4n) is 4.76. The third-order valence-electron chi connectivity index (χ3n) is 7.17. The molecule has 1 aromatic carbocycles. The third kappa shape index (κ3) is 5.42. The number of Topliss-reactive ketones (excluding diaryl/α,β-unsaturated/α-hetero) is 1. The molecule has 0 bridgehead atoms. The Balaban J connectivity index is 2.04. The Bertz CT molecular complexity index is 1570. The number of rotatable bonds is 8. The Morgan fingerprint density at radius 3 is 2.23 bits per heavy atom. The summed E-state index contributed by atoms with van der Waals surface area (Å²) in [5.74, 6) is -1.18. The summed E-state index contributed by atoms with van der Waals surface area (Å²) in [5, 5.41) is 10.0. The van der Waals surface area contributed by atoms with Crippen molar-refractivity contribution in [2.75, 3.05) is 0 Å². The molecule has 4 rings (SSSR count). The van der Waals surface area contributed by atoms with Crippen LogP contribution in [0.15, 0.2) is 67.1 Å². The van der Waals surface area contributed by atoms with Gasteiger partial charge in [0.25, 0.3) is 0 Å². The van der Waals surface area contributed by atoms with Crippen LogP contribution in [0.3, 0.4) is 0 Å². The molecule has 0 fully saturated rings. The second-order valence-corrected chi connectivity index (χ2v) is 12.2. The van der Waals surface area contributed by atoms with E-state index in [4.69, 9.17) is 0 Å². The lowest BCUT2D eigenvalue weighted by molar-refractivity contribution is -0.146. The molecular weight excluding hydrogens is 488 g/mol. The fourth-order valence-corrected chi connectivity index (χ4v) is 4.76. The Kier molecular flexibility index (Phi) is 7.35. The van der Waals surface area contributed by atoms with Crippen molar-refractivity contribution in [2.24, 2.45) is 10.8 Å². The van der Waals surface area contributed by atoms with Crippen LogP contribution in [0, 0.1) is 10.8 Å². The fraction of sp³-hybridized carbons (Fsp3) is 0.333. The summed E-state index contributed by atoms with van der Waals surface area (Å²) in [6.45, 7) is 12.9. The summed E-state index contributed by atoms with van der Waals surface area (Å²) < 4.78 is 1.77. The molecule has 6 heteroatoms. The maximum atomic E-state index is 14.3. The number of carbonyl (C=O) groups excluding carboxylic acids is 2. The summed E-state index contributed by atoms with van der Waals surface area (Å²) in [5.41, 5.74) is 3.11. The SMILES string of the molecule is CC(C)c1ccn2c(C(=O)c3cccc(-c4cccnc4)c3)c(CC(C)(C)C(=O)O)c(C(=O)C(C)(C)C)c2c1. The number of benzene rings is 1. The van der Waals surface area contributed by atoms with Crippen LogP contribution in [-0.2, 0) is 11.2 Å². The zero-order chi connectivity index (χ0) is 28.7. The molecule has 0 saturated heterocycles. The van der Waals surface area contributed by atoms with E-state index < -0.39 is 16.8 Å². The van der Waals surface area contributed by atoms with Gasteiger partial charge in [-0.3, -0.25) is 19.4 Å². The van der Waals surface area contributed by atoms with Crippen molar-refractivity contribution in [1.29, 1.82) is 0 Å². The van der Waals surface area contributed by atoms with Gasteiger partial charge in [0.15, 0.2) is 5.78 Å². The summed E-state index contributed by atoms with van der Waals surface area (Å²) >= 11 is 0. The molecule has 202 valence electrons. The van der Waals surface area contributed by atoms with E-state index >= 15 is 0 Å². The number of carboxylic acids is 1. The maximum Gasteiger partial charge on any atom is 0.309 e. The lowest BCUT2D eigenvalue weighted by Crippen LogP contribution is -2.29.